The number of rotatable bonds is 11. The summed E-state index contributed by atoms with van der Waals surface area (Å²) < 4.78 is 10.3. The van der Waals surface area contributed by atoms with Gasteiger partial charge in [0.05, 0.1) is 14.2 Å². The Balaban J connectivity index is 1.43. The van der Waals surface area contributed by atoms with Crippen LogP contribution in [0, 0.1) is 0 Å². The molecule has 38 heavy (non-hydrogen) atoms. The summed E-state index contributed by atoms with van der Waals surface area (Å²) in [4.78, 5) is 53.7. The Morgan fingerprint density at radius 3 is 2.66 bits per heavy atom. The highest BCUT2D eigenvalue weighted by atomic mass is 32.2. The van der Waals surface area contributed by atoms with E-state index < -0.39 is 41.3 Å². The maximum Gasteiger partial charge on any atom is 0.352 e. The molecular formula is C22H23N5O9S2. The number of hydrogen-bond acceptors (Lipinski definition) is 11. The first kappa shape index (κ1) is 27.3. The lowest BCUT2D eigenvalue weighted by Crippen LogP contribution is -2.70. The van der Waals surface area contributed by atoms with Crippen LogP contribution < -0.4 is 14.8 Å². The Hall–Kier alpha value is -3.76. The van der Waals surface area contributed by atoms with Crippen molar-refractivity contribution in [2.45, 2.75) is 29.1 Å². The second-order valence-corrected chi connectivity index (χ2v) is 10.1. The first-order valence-corrected chi connectivity index (χ1v) is 13.0. The molecule has 202 valence electrons. The number of nitrogens with one attached hydrogen (secondary N) is 2. The van der Waals surface area contributed by atoms with Crippen molar-refractivity contribution in [2.24, 2.45) is 0 Å². The summed E-state index contributed by atoms with van der Waals surface area (Å²) in [5, 5.41) is 37.7. The van der Waals surface area contributed by atoms with Crippen molar-refractivity contribution in [1.29, 1.82) is 0 Å². The maximum absolute atomic E-state index is 12.9. The lowest BCUT2D eigenvalue weighted by atomic mass is 10.0. The van der Waals surface area contributed by atoms with Crippen molar-refractivity contribution in [1.82, 2.24) is 25.4 Å². The van der Waals surface area contributed by atoms with Crippen LogP contribution in [0.3, 0.4) is 0 Å². The highest BCUT2D eigenvalue weighted by molar-refractivity contribution is 8.01. The fourth-order valence-electron chi connectivity index (χ4n) is 3.92. The molecule has 0 saturated carbocycles. The standard InChI is InChI=1S/C22H23N5O9S2/c1-35-11-4-3-9(5-12(11)36-2)17(30)18(31)24-15-19(32)27-16(21(33)34)10(7-37-20(15)27)8-38-22-23-13(25-26-22)6-14(28)29/h3-5,15,17,20,30H,6-8H2,1-2H3,(H,24,31)(H,28,29)(H,33,34)(H,23,25,26)/t15?,17?,20-/m0/s1. The topological polar surface area (TPSA) is 204 Å². The Morgan fingerprint density at radius 1 is 1.26 bits per heavy atom. The van der Waals surface area contributed by atoms with E-state index in [0.717, 1.165) is 16.7 Å². The minimum atomic E-state index is -1.60. The van der Waals surface area contributed by atoms with E-state index in [9.17, 15) is 29.4 Å². The number of hydrogen-bond donors (Lipinski definition) is 5. The fraction of sp³-hybridized carbons (Fsp3) is 0.364. The van der Waals surface area contributed by atoms with Crippen molar-refractivity contribution >= 4 is 47.3 Å². The van der Waals surface area contributed by atoms with E-state index >= 15 is 0 Å². The number of nitrogens with zero attached hydrogens (tertiary/aromatic N) is 3. The normalized spacial score (nSPS) is 19.3. The van der Waals surface area contributed by atoms with Crippen LogP contribution >= 0.6 is 23.5 Å². The van der Waals surface area contributed by atoms with Crippen LogP contribution in [0.25, 0.3) is 0 Å². The van der Waals surface area contributed by atoms with Crippen molar-refractivity contribution in [3.05, 3.63) is 40.9 Å². The smallest absolute Gasteiger partial charge is 0.352 e. The van der Waals surface area contributed by atoms with Gasteiger partial charge >= 0.3 is 11.9 Å². The van der Waals surface area contributed by atoms with Crippen LogP contribution in [-0.2, 0) is 25.6 Å². The summed E-state index contributed by atoms with van der Waals surface area (Å²) in [6, 6.07) is 3.45. The minimum absolute atomic E-state index is 0.157. The summed E-state index contributed by atoms with van der Waals surface area (Å²) >= 11 is 2.38. The molecule has 3 heterocycles. The number of ether oxygens (including phenoxy) is 2. The molecule has 2 unspecified atom stereocenters. The second kappa shape index (κ2) is 11.3. The summed E-state index contributed by atoms with van der Waals surface area (Å²) in [7, 11) is 2.87. The van der Waals surface area contributed by atoms with Crippen LogP contribution in [0.15, 0.2) is 34.6 Å². The van der Waals surface area contributed by atoms with Crippen LogP contribution in [0.4, 0.5) is 0 Å². The van der Waals surface area contributed by atoms with Gasteiger partial charge in [0.15, 0.2) is 17.6 Å². The first-order chi connectivity index (χ1) is 18.1. The van der Waals surface area contributed by atoms with E-state index in [1.165, 1.54) is 44.2 Å². The zero-order valence-electron chi connectivity index (χ0n) is 20.0. The van der Waals surface area contributed by atoms with Gasteiger partial charge in [0, 0.05) is 11.5 Å². The van der Waals surface area contributed by atoms with Gasteiger partial charge in [0.2, 0.25) is 5.16 Å². The van der Waals surface area contributed by atoms with E-state index in [4.69, 9.17) is 14.6 Å². The fourth-order valence-corrected chi connectivity index (χ4v) is 6.22. The number of carboxylic acid groups (broad SMARTS) is 2. The molecule has 1 fully saturated rings. The third-order valence-electron chi connectivity index (χ3n) is 5.72. The predicted molar refractivity (Wildman–Crippen MR) is 133 cm³/mol. The number of methoxy groups -OCH3 is 2. The summed E-state index contributed by atoms with van der Waals surface area (Å²) in [6.45, 7) is 0. The van der Waals surface area contributed by atoms with Crippen molar-refractivity contribution in [3.8, 4) is 11.5 Å². The molecule has 1 aromatic carbocycles. The summed E-state index contributed by atoms with van der Waals surface area (Å²) in [5.74, 6) is -2.49. The monoisotopic (exact) mass is 565 g/mol. The number of H-pyrrole nitrogens is 1. The Labute approximate surface area is 223 Å². The third kappa shape index (κ3) is 5.41. The highest BCUT2D eigenvalue weighted by Crippen LogP contribution is 2.41. The molecule has 1 saturated heterocycles. The number of fused-ring (bicyclic) bond motifs is 1. The third-order valence-corrected chi connectivity index (χ3v) is 8.00. The van der Waals surface area contributed by atoms with E-state index in [0.29, 0.717) is 17.1 Å². The van der Waals surface area contributed by atoms with Crippen LogP contribution in [0.1, 0.15) is 17.5 Å². The molecule has 0 radical (unpaired) electrons. The van der Waals surface area contributed by atoms with E-state index in [-0.39, 0.29) is 40.2 Å². The molecule has 2 aliphatic heterocycles. The lowest BCUT2D eigenvalue weighted by Gasteiger charge is -2.49. The number of carbonyl (C=O) groups is 4. The van der Waals surface area contributed by atoms with Crippen LogP contribution in [-0.4, -0.2) is 96.3 Å². The van der Waals surface area contributed by atoms with Gasteiger partial charge < -0.3 is 30.1 Å². The minimum Gasteiger partial charge on any atom is -0.493 e. The Morgan fingerprint density at radius 2 is 2.00 bits per heavy atom. The first-order valence-electron chi connectivity index (χ1n) is 11.0. The van der Waals surface area contributed by atoms with Gasteiger partial charge in [0.25, 0.3) is 11.8 Å². The predicted octanol–water partition coefficient (Wildman–Crippen LogP) is 0.0133. The molecule has 16 heteroatoms. The molecule has 2 aromatic rings. The van der Waals surface area contributed by atoms with Crippen molar-refractivity contribution in [3.63, 3.8) is 0 Å². The molecule has 0 spiro atoms. The number of aliphatic hydroxyl groups is 1. The zero-order chi connectivity index (χ0) is 27.6. The average Bonchev–Trinajstić information content (AvgIpc) is 3.35. The molecular weight excluding hydrogens is 542 g/mol. The number of β-lactam (4-membered cyclic amide) rings is 1. The molecule has 3 atom stereocenters. The van der Waals surface area contributed by atoms with Gasteiger partial charge in [-0.05, 0) is 23.3 Å². The summed E-state index contributed by atoms with van der Waals surface area (Å²) in [5.41, 5.74) is 0.499. The lowest BCUT2D eigenvalue weighted by molar-refractivity contribution is -0.151. The second-order valence-electron chi connectivity index (χ2n) is 8.09. The number of aromatic nitrogens is 3. The molecule has 2 aliphatic rings. The number of carbonyl (C=O) groups excluding carboxylic acids is 2. The quantitative estimate of drug-likeness (QED) is 0.180. The van der Waals surface area contributed by atoms with E-state index in [1.54, 1.807) is 0 Å². The van der Waals surface area contributed by atoms with Gasteiger partial charge in [-0.15, -0.1) is 16.9 Å². The van der Waals surface area contributed by atoms with Gasteiger partial charge in [-0.25, -0.2) is 9.78 Å². The number of aliphatic hydroxyl groups excluding tert-OH is 1. The molecule has 0 aliphatic carbocycles. The number of amides is 2. The Kier molecular flexibility index (Phi) is 8.13. The molecule has 14 nitrogen and oxygen atoms in total. The maximum atomic E-state index is 12.9. The van der Waals surface area contributed by atoms with Gasteiger partial charge in [-0.3, -0.25) is 24.4 Å². The molecule has 1 aromatic heterocycles. The SMILES string of the molecule is COc1ccc(C(O)C(=O)NC2C(=O)N3C(C(=O)O)=C(CSc4n[nH]c(CC(=O)O)n4)CS[C@@H]23)cc1OC. The average molecular weight is 566 g/mol. The summed E-state index contributed by atoms with van der Waals surface area (Å²) in [6.07, 6.45) is -1.93. The largest absolute Gasteiger partial charge is 0.493 e. The van der Waals surface area contributed by atoms with Gasteiger partial charge in [0.1, 0.15) is 29.4 Å². The van der Waals surface area contributed by atoms with Crippen molar-refractivity contribution in [2.75, 3.05) is 25.7 Å². The van der Waals surface area contributed by atoms with Crippen LogP contribution in [0.2, 0.25) is 0 Å². The van der Waals surface area contributed by atoms with E-state index in [1.807, 2.05) is 0 Å². The molecule has 5 N–H and O–H groups in total. The molecule has 4 rings (SSSR count). The number of benzene rings is 1. The van der Waals surface area contributed by atoms with Gasteiger partial charge in [-0.2, -0.15) is 0 Å². The number of aliphatic carboxylic acids is 2. The molecule has 0 bridgehead atoms. The van der Waals surface area contributed by atoms with E-state index in [2.05, 4.69) is 20.5 Å². The zero-order valence-corrected chi connectivity index (χ0v) is 21.7. The van der Waals surface area contributed by atoms with Crippen molar-refractivity contribution < 1.29 is 44.0 Å². The number of carboxylic acids is 2. The Bertz CT molecular complexity index is 1310. The van der Waals surface area contributed by atoms with Gasteiger partial charge in [-0.1, -0.05) is 17.8 Å². The highest BCUT2D eigenvalue weighted by Gasteiger charge is 2.54. The molecule has 2 amide bonds. The number of thioether (sulfide) groups is 2. The number of aromatic amines is 1. The van der Waals surface area contributed by atoms with Crippen LogP contribution in [0.5, 0.6) is 11.5 Å².